The summed E-state index contributed by atoms with van der Waals surface area (Å²) in [5.74, 6) is 0.642. The third kappa shape index (κ3) is 5.76. The van der Waals surface area contributed by atoms with Crippen LogP contribution < -0.4 is 15.4 Å². The van der Waals surface area contributed by atoms with Gasteiger partial charge in [-0.25, -0.2) is 0 Å². The largest absolute Gasteiger partial charge is 0.481 e. The molecule has 0 radical (unpaired) electrons. The average Bonchev–Trinajstić information content (AvgIpc) is 2.47. The number of nitrogens with one attached hydrogen (secondary N) is 2. The fraction of sp³-hybridized carbons (Fsp3) is 0.588. The van der Waals surface area contributed by atoms with Gasteiger partial charge in [0, 0.05) is 12.1 Å². The van der Waals surface area contributed by atoms with Gasteiger partial charge in [-0.2, -0.15) is 0 Å². The molecule has 1 rings (SSSR count). The van der Waals surface area contributed by atoms with Crippen LogP contribution in [0.2, 0.25) is 0 Å². The average molecular weight is 292 g/mol. The highest BCUT2D eigenvalue weighted by atomic mass is 16.5. The number of amides is 1. The Morgan fingerprint density at radius 3 is 2.29 bits per heavy atom. The van der Waals surface area contributed by atoms with Crippen LogP contribution in [-0.4, -0.2) is 24.6 Å². The van der Waals surface area contributed by atoms with Crippen LogP contribution in [0.25, 0.3) is 0 Å². The van der Waals surface area contributed by atoms with Gasteiger partial charge in [0.15, 0.2) is 6.10 Å². The van der Waals surface area contributed by atoms with Crippen molar-refractivity contribution < 1.29 is 9.53 Å². The fourth-order valence-electron chi connectivity index (χ4n) is 1.98. The van der Waals surface area contributed by atoms with Crippen LogP contribution in [-0.2, 0) is 4.79 Å². The number of ether oxygens (including phenoxy) is 1. The van der Waals surface area contributed by atoms with Crippen molar-refractivity contribution in [2.24, 2.45) is 0 Å². The van der Waals surface area contributed by atoms with E-state index in [2.05, 4.69) is 24.5 Å². The number of hydrogen-bond donors (Lipinski definition) is 2. The zero-order valence-corrected chi connectivity index (χ0v) is 13.8. The van der Waals surface area contributed by atoms with Gasteiger partial charge < -0.3 is 15.4 Å². The molecular weight excluding hydrogens is 264 g/mol. The Morgan fingerprint density at radius 1 is 1.14 bits per heavy atom. The molecule has 21 heavy (non-hydrogen) atoms. The molecule has 0 aromatic heterocycles. The molecule has 3 atom stereocenters. The van der Waals surface area contributed by atoms with E-state index in [0.717, 1.165) is 13.0 Å². The van der Waals surface area contributed by atoms with E-state index in [1.807, 2.05) is 38.1 Å². The lowest BCUT2D eigenvalue weighted by Crippen LogP contribution is -2.40. The minimum absolute atomic E-state index is 0.0746. The third-order valence-corrected chi connectivity index (χ3v) is 3.57. The predicted octanol–water partition coefficient (Wildman–Crippen LogP) is 3.04. The van der Waals surface area contributed by atoms with Crippen LogP contribution >= 0.6 is 0 Å². The minimum Gasteiger partial charge on any atom is -0.481 e. The predicted molar refractivity (Wildman–Crippen MR) is 86.5 cm³/mol. The summed E-state index contributed by atoms with van der Waals surface area (Å²) in [4.78, 5) is 11.9. The monoisotopic (exact) mass is 292 g/mol. The first-order valence-electron chi connectivity index (χ1n) is 7.78. The molecular formula is C17H28N2O2. The van der Waals surface area contributed by atoms with Gasteiger partial charge in [-0.1, -0.05) is 26.0 Å². The molecule has 4 heteroatoms. The van der Waals surface area contributed by atoms with Crippen molar-refractivity contribution in [1.82, 2.24) is 10.6 Å². The summed E-state index contributed by atoms with van der Waals surface area (Å²) < 4.78 is 5.68. The van der Waals surface area contributed by atoms with E-state index in [1.165, 1.54) is 5.56 Å². The molecule has 0 aliphatic rings. The second-order valence-corrected chi connectivity index (χ2v) is 5.43. The van der Waals surface area contributed by atoms with E-state index in [0.29, 0.717) is 11.8 Å². The van der Waals surface area contributed by atoms with Gasteiger partial charge in [0.05, 0.1) is 0 Å². The van der Waals surface area contributed by atoms with Crippen molar-refractivity contribution in [3.8, 4) is 5.75 Å². The Balaban J connectivity index is 2.57. The molecule has 0 saturated carbocycles. The molecule has 2 N–H and O–H groups in total. The van der Waals surface area contributed by atoms with E-state index in [1.54, 1.807) is 6.92 Å². The third-order valence-electron chi connectivity index (χ3n) is 3.57. The molecule has 0 heterocycles. The van der Waals surface area contributed by atoms with Gasteiger partial charge in [-0.3, -0.25) is 4.79 Å². The number of rotatable bonds is 8. The van der Waals surface area contributed by atoms with Crippen molar-refractivity contribution in [3.63, 3.8) is 0 Å². The van der Waals surface area contributed by atoms with E-state index < -0.39 is 6.10 Å². The Morgan fingerprint density at radius 2 is 1.76 bits per heavy atom. The Kier molecular flexibility index (Phi) is 7.23. The van der Waals surface area contributed by atoms with Gasteiger partial charge in [-0.15, -0.1) is 0 Å². The van der Waals surface area contributed by atoms with Crippen molar-refractivity contribution in [2.75, 3.05) is 6.54 Å². The molecule has 0 aliphatic heterocycles. The topological polar surface area (TPSA) is 50.4 Å². The summed E-state index contributed by atoms with van der Waals surface area (Å²) >= 11 is 0. The van der Waals surface area contributed by atoms with Crippen LogP contribution in [0.3, 0.4) is 0 Å². The molecule has 3 unspecified atom stereocenters. The van der Waals surface area contributed by atoms with E-state index in [4.69, 9.17) is 4.74 Å². The Hall–Kier alpha value is -1.55. The van der Waals surface area contributed by atoms with Crippen LogP contribution in [0.15, 0.2) is 24.3 Å². The molecule has 1 aromatic carbocycles. The summed E-state index contributed by atoms with van der Waals surface area (Å²) in [6, 6.07) is 8.37. The lowest BCUT2D eigenvalue weighted by atomic mass is 10.1. The van der Waals surface area contributed by atoms with Crippen LogP contribution in [0.4, 0.5) is 0 Å². The summed E-state index contributed by atoms with van der Waals surface area (Å²) in [7, 11) is 0. The second kappa shape index (κ2) is 8.67. The molecule has 0 spiro atoms. The minimum atomic E-state index is -0.490. The van der Waals surface area contributed by atoms with Gasteiger partial charge in [0.1, 0.15) is 5.75 Å². The van der Waals surface area contributed by atoms with E-state index in [9.17, 15) is 4.79 Å². The van der Waals surface area contributed by atoms with E-state index in [-0.39, 0.29) is 11.9 Å². The highest BCUT2D eigenvalue weighted by molar-refractivity contribution is 5.80. The molecule has 0 fully saturated rings. The molecule has 0 saturated heterocycles. The first-order chi connectivity index (χ1) is 9.97. The zero-order chi connectivity index (χ0) is 15.8. The first kappa shape index (κ1) is 17.5. The van der Waals surface area contributed by atoms with Crippen LogP contribution in [0.1, 0.15) is 52.6 Å². The molecule has 1 aromatic rings. The number of carbonyl (C=O) groups is 1. The highest BCUT2D eigenvalue weighted by Crippen LogP contribution is 2.18. The van der Waals surface area contributed by atoms with Crippen LogP contribution in [0, 0.1) is 0 Å². The van der Waals surface area contributed by atoms with Crippen molar-refractivity contribution >= 4 is 5.91 Å². The van der Waals surface area contributed by atoms with Gasteiger partial charge >= 0.3 is 0 Å². The second-order valence-electron chi connectivity index (χ2n) is 5.43. The van der Waals surface area contributed by atoms with Crippen LogP contribution in [0.5, 0.6) is 5.75 Å². The van der Waals surface area contributed by atoms with Gasteiger partial charge in [0.25, 0.3) is 5.91 Å². The van der Waals surface area contributed by atoms with Gasteiger partial charge in [0.2, 0.25) is 0 Å². The van der Waals surface area contributed by atoms with Crippen molar-refractivity contribution in [2.45, 2.75) is 59.2 Å². The maximum atomic E-state index is 11.9. The fourth-order valence-corrected chi connectivity index (χ4v) is 1.98. The summed E-state index contributed by atoms with van der Waals surface area (Å²) in [6.07, 6.45) is 0.422. The Bertz CT molecular complexity index is 431. The molecule has 0 bridgehead atoms. The van der Waals surface area contributed by atoms with E-state index >= 15 is 0 Å². The number of hydrogen-bond acceptors (Lipinski definition) is 3. The standard InChI is InChI=1S/C17H28N2O2/c1-6-12(3)19-17(20)14(5)21-16-10-8-15(9-11-16)13(4)18-7-2/h8-14,18H,6-7H2,1-5H3,(H,19,20). The SMILES string of the molecule is CCNC(C)c1ccc(OC(C)C(=O)NC(C)CC)cc1. The van der Waals surface area contributed by atoms with Crippen molar-refractivity contribution in [1.29, 1.82) is 0 Å². The number of carbonyl (C=O) groups excluding carboxylic acids is 1. The molecule has 118 valence electrons. The maximum Gasteiger partial charge on any atom is 0.260 e. The zero-order valence-electron chi connectivity index (χ0n) is 13.8. The lowest BCUT2D eigenvalue weighted by Gasteiger charge is -2.18. The quantitative estimate of drug-likeness (QED) is 0.774. The highest BCUT2D eigenvalue weighted by Gasteiger charge is 2.16. The first-order valence-corrected chi connectivity index (χ1v) is 7.78. The molecule has 4 nitrogen and oxygen atoms in total. The summed E-state index contributed by atoms with van der Waals surface area (Å²) in [6.45, 7) is 11.0. The van der Waals surface area contributed by atoms with Gasteiger partial charge in [-0.05, 0) is 51.4 Å². The normalized spacial score (nSPS) is 15.1. The maximum absolute atomic E-state index is 11.9. The van der Waals surface area contributed by atoms with Crippen molar-refractivity contribution in [3.05, 3.63) is 29.8 Å². The Labute approximate surface area is 128 Å². The number of benzene rings is 1. The summed E-state index contributed by atoms with van der Waals surface area (Å²) in [5, 5.41) is 6.29. The summed E-state index contributed by atoms with van der Waals surface area (Å²) in [5.41, 5.74) is 1.21. The lowest BCUT2D eigenvalue weighted by molar-refractivity contribution is -0.127. The molecule has 0 aliphatic carbocycles. The molecule has 1 amide bonds. The smallest absolute Gasteiger partial charge is 0.260 e.